The zero-order valence-corrected chi connectivity index (χ0v) is 26.1. The van der Waals surface area contributed by atoms with Gasteiger partial charge in [0, 0.05) is 115 Å². The maximum atomic E-state index is 10.0. The molecule has 241 valence electrons. The first-order valence-electron chi connectivity index (χ1n) is 13.8. The zero-order chi connectivity index (χ0) is 32.1. The molecule has 0 aromatic carbocycles. The second-order valence-corrected chi connectivity index (χ2v) is 9.89. The van der Waals surface area contributed by atoms with E-state index in [1.807, 2.05) is 0 Å². The Kier molecular flexibility index (Phi) is 7.93. The molecule has 1 radical (unpaired) electrons. The van der Waals surface area contributed by atoms with Gasteiger partial charge in [-0.2, -0.15) is 0 Å². The molecule has 0 spiro atoms. The van der Waals surface area contributed by atoms with Crippen molar-refractivity contribution in [2.24, 2.45) is 0 Å². The summed E-state index contributed by atoms with van der Waals surface area (Å²) >= 11 is 0. The third-order valence-electron chi connectivity index (χ3n) is 6.59. The molecule has 0 amide bonds. The number of nitrogens with zero attached hydrogens (tertiary/aromatic N) is 16. The Morgan fingerprint density at radius 2 is 0.771 bits per heavy atom. The van der Waals surface area contributed by atoms with E-state index in [2.05, 4.69) is 79.7 Å². The molecular weight excluding hydrogens is 779 g/mol. The summed E-state index contributed by atoms with van der Waals surface area (Å²) in [4.78, 5) is 82.8. The van der Waals surface area contributed by atoms with Crippen LogP contribution in [0.1, 0.15) is 13.8 Å². The van der Waals surface area contributed by atoms with Gasteiger partial charge < -0.3 is 35.0 Å². The van der Waals surface area contributed by atoms with E-state index < -0.39 is 0 Å². The minimum Gasteiger partial charge on any atom is -0.512 e. The van der Waals surface area contributed by atoms with E-state index in [9.17, 15) is 4.79 Å². The molecule has 0 saturated carbocycles. The molecule has 18 nitrogen and oxygen atoms in total. The molecule has 9 heterocycles. The fourth-order valence-electron chi connectivity index (χ4n) is 4.81. The van der Waals surface area contributed by atoms with Crippen LogP contribution >= 0.6 is 0 Å². The van der Waals surface area contributed by atoms with Crippen molar-refractivity contribution in [1.82, 2.24) is 79.7 Å². The van der Waals surface area contributed by atoms with E-state index in [0.717, 1.165) is 0 Å². The summed E-state index contributed by atoms with van der Waals surface area (Å²) in [5, 5.41) is 8.36. The topological polar surface area (TPSA) is 246 Å². The van der Waals surface area contributed by atoms with E-state index in [1.165, 1.54) is 19.9 Å². The summed E-state index contributed by atoms with van der Waals surface area (Å²) in [7, 11) is 0. The van der Waals surface area contributed by atoms with Crippen molar-refractivity contribution in [3.63, 3.8) is 0 Å². The molecule has 0 atom stereocenters. The van der Waals surface area contributed by atoms with Gasteiger partial charge in [0.2, 0.25) is 0 Å². The maximum absolute atomic E-state index is 10.0. The number of hydrogen-bond donors (Lipinski definition) is 1. The molecule has 8 bridgehead atoms. The summed E-state index contributed by atoms with van der Waals surface area (Å²) in [6.45, 7) is 2.85. The second kappa shape index (κ2) is 12.4. The van der Waals surface area contributed by atoms with E-state index in [0.29, 0.717) is 44.8 Å². The van der Waals surface area contributed by atoms with Crippen molar-refractivity contribution in [2.75, 3.05) is 0 Å². The molecule has 0 saturated heterocycles. The quantitative estimate of drug-likeness (QED) is 0.185. The van der Waals surface area contributed by atoms with Crippen molar-refractivity contribution in [2.45, 2.75) is 13.8 Å². The van der Waals surface area contributed by atoms with Gasteiger partial charge in [-0.15, -0.1) is 0 Å². The predicted molar refractivity (Wildman–Crippen MR) is 163 cm³/mol. The van der Waals surface area contributed by atoms with Crippen LogP contribution in [0.2, 0.25) is 0 Å². The van der Waals surface area contributed by atoms with Gasteiger partial charge in [-0.25, -0.2) is 9.97 Å². The molecule has 19 heteroatoms. The molecule has 0 unspecified atom stereocenters. The number of carbonyl (C=O) groups is 1. The third-order valence-corrected chi connectivity index (χ3v) is 6.59. The summed E-state index contributed by atoms with van der Waals surface area (Å²) in [5.41, 5.74) is 4.45. The largest absolute Gasteiger partial charge is 0.512 e. The van der Waals surface area contributed by atoms with Crippen molar-refractivity contribution in [1.29, 1.82) is 0 Å². The number of allylic oxidation sites excluding steroid dienone is 2. The Bertz CT molecular complexity index is 2290. The first-order valence-corrected chi connectivity index (χ1v) is 13.8. The Labute approximate surface area is 296 Å². The number of fused-ring (bicyclic) bond motifs is 20. The fraction of sp³-hybridized carbons (Fsp3) is 0.0690. The van der Waals surface area contributed by atoms with Crippen LogP contribution in [0.4, 0.5) is 0 Å². The molecule has 1 N–H and O–H groups in total. The minimum absolute atomic E-state index is 0. The van der Waals surface area contributed by atoms with Crippen LogP contribution in [0.25, 0.3) is 90.7 Å². The molecule has 7 aromatic heterocycles. The standard InChI is InChI=1S/C24H8N16.C5H8O2.Lu/c1-2-26-10-9(25-1)17-33-18(10)38-20-13-14(30-6-5-29-13)22(35-20)40-24-16-15(31-7-8-32-16)23(36-24)39-21-12-11(19(34-21)37-17)27-3-4-28-12;1-4(6)3-5(2)7;/h1-8H;3,6H,1-2H3;/q-2;;/b;4-3+;. The average Bonchev–Trinajstić information content (AvgIpc) is 3.80. The second-order valence-electron chi connectivity index (χ2n) is 9.89. The van der Waals surface area contributed by atoms with Crippen LogP contribution in [0, 0.1) is 36.9 Å². The Hall–Kier alpha value is -5.88. The van der Waals surface area contributed by atoms with E-state index in [1.54, 1.807) is 49.6 Å². The number of hydrogen-bond acceptors (Lipinski definition) is 16. The molecule has 2 aliphatic rings. The van der Waals surface area contributed by atoms with E-state index in [-0.39, 0.29) is 94.3 Å². The molecule has 0 fully saturated rings. The molecule has 9 rings (SSSR count). The van der Waals surface area contributed by atoms with E-state index in [4.69, 9.17) is 5.11 Å². The number of aliphatic hydroxyl groups is 1. The van der Waals surface area contributed by atoms with Crippen LogP contribution in [0.15, 0.2) is 61.4 Å². The van der Waals surface area contributed by atoms with Gasteiger partial charge in [-0.3, -0.25) is 44.7 Å². The van der Waals surface area contributed by atoms with Gasteiger partial charge >= 0.3 is 0 Å². The first-order chi connectivity index (χ1) is 22.9. The number of rotatable bonds is 1. The average molecular weight is 796 g/mol. The van der Waals surface area contributed by atoms with Crippen molar-refractivity contribution in [3.05, 3.63) is 61.4 Å². The normalized spacial score (nSPS) is 11.7. The van der Waals surface area contributed by atoms with Crippen molar-refractivity contribution >= 4 is 50.4 Å². The Balaban J connectivity index is 0.000000415. The number of carbonyl (C=O) groups excluding carboxylic acids is 1. The SMILES string of the molecule is CC(=O)/C=C(\C)O.[Lu].c1cnc2c(n1)-c1nc-2nc2[n-]c(nc3nc(nc4[n-]c(n1)c1nccnc41)-c1nccnc1-3)c1nccnc21. The van der Waals surface area contributed by atoms with Crippen molar-refractivity contribution < 1.29 is 46.8 Å². The predicted octanol–water partition coefficient (Wildman–Crippen LogP) is 2.32. The van der Waals surface area contributed by atoms with Crippen LogP contribution in [0.5, 0.6) is 0 Å². The van der Waals surface area contributed by atoms with Crippen LogP contribution in [0.3, 0.4) is 0 Å². The van der Waals surface area contributed by atoms with Crippen LogP contribution in [-0.4, -0.2) is 80.7 Å². The Morgan fingerprint density at radius 3 is 1.00 bits per heavy atom. The first kappa shape index (κ1) is 30.8. The minimum atomic E-state index is -0.125. The van der Waals surface area contributed by atoms with Gasteiger partial charge in [0.25, 0.3) is 0 Å². The van der Waals surface area contributed by atoms with Crippen LogP contribution in [-0.2, 0) is 4.79 Å². The number of ketones is 1. The van der Waals surface area contributed by atoms with Gasteiger partial charge in [0.1, 0.15) is 68.1 Å². The van der Waals surface area contributed by atoms with Gasteiger partial charge in [0.15, 0.2) is 5.78 Å². The zero-order valence-electron chi connectivity index (χ0n) is 24.5. The molecule has 7 aromatic rings. The smallest absolute Gasteiger partial charge is 0.155 e. The van der Waals surface area contributed by atoms with Crippen molar-refractivity contribution in [3.8, 4) is 46.1 Å². The van der Waals surface area contributed by atoms with Gasteiger partial charge in [-0.05, 0) is 13.8 Å². The van der Waals surface area contributed by atoms with Crippen LogP contribution < -0.4 is 9.97 Å². The van der Waals surface area contributed by atoms with Gasteiger partial charge in [0.05, 0.1) is 5.76 Å². The monoisotopic (exact) mass is 795 g/mol. The third kappa shape index (κ3) is 5.45. The molecular formula is C29H16LuN16O2-2. The number of aliphatic hydroxyl groups excluding tert-OH is 1. The van der Waals surface area contributed by atoms with E-state index >= 15 is 0 Å². The molecule has 0 aliphatic carbocycles. The summed E-state index contributed by atoms with van der Waals surface area (Å²) in [6, 6.07) is 0. The summed E-state index contributed by atoms with van der Waals surface area (Å²) in [6.07, 6.45) is 13.6. The fourth-order valence-corrected chi connectivity index (χ4v) is 4.81. The van der Waals surface area contributed by atoms with Gasteiger partial charge in [-0.1, -0.05) is 0 Å². The number of aromatic nitrogens is 16. The Morgan fingerprint density at radius 1 is 0.500 bits per heavy atom. The molecule has 48 heavy (non-hydrogen) atoms. The summed E-state index contributed by atoms with van der Waals surface area (Å²) in [5.74, 6) is 0.947. The summed E-state index contributed by atoms with van der Waals surface area (Å²) < 4.78 is 0. The maximum Gasteiger partial charge on any atom is 0.155 e. The molecule has 2 aliphatic heterocycles.